The lowest BCUT2D eigenvalue weighted by Crippen LogP contribution is -2.36. The number of benzene rings is 1. The normalized spacial score (nSPS) is 14.4. The first-order chi connectivity index (χ1) is 13.6. The van der Waals surface area contributed by atoms with Crippen LogP contribution >= 0.6 is 11.3 Å². The molecule has 3 heterocycles. The molecule has 0 bridgehead atoms. The maximum atomic E-state index is 12.4. The maximum Gasteiger partial charge on any atom is 0.224 e. The van der Waals surface area contributed by atoms with E-state index < -0.39 is 0 Å². The predicted molar refractivity (Wildman–Crippen MR) is 116 cm³/mol. The van der Waals surface area contributed by atoms with Crippen molar-refractivity contribution in [1.82, 2.24) is 14.9 Å². The number of aromatic nitrogens is 2. The van der Waals surface area contributed by atoms with Crippen LogP contribution in [0.15, 0.2) is 30.6 Å². The molecule has 28 heavy (non-hydrogen) atoms. The molecule has 0 saturated carbocycles. The standard InChI is InChI=1S/C22H26N4OS/c1-15-6-8-17(9-7-15)19-16(2)28-22-20(19)21(24-14-25-22)23-11-10-18(27)26-12-4-3-5-13-26/h6-9,14H,3-5,10-13H2,1-2H3,(H,23,24,25). The van der Waals surface area contributed by atoms with E-state index in [1.165, 1.54) is 28.0 Å². The van der Waals surface area contributed by atoms with Crippen LogP contribution in [-0.4, -0.2) is 40.4 Å². The van der Waals surface area contributed by atoms with E-state index in [1.807, 2.05) is 4.90 Å². The second kappa shape index (κ2) is 8.27. The van der Waals surface area contributed by atoms with Gasteiger partial charge in [0.25, 0.3) is 0 Å². The van der Waals surface area contributed by atoms with Crippen molar-refractivity contribution < 1.29 is 4.79 Å². The largest absolute Gasteiger partial charge is 0.369 e. The van der Waals surface area contributed by atoms with Gasteiger partial charge in [-0.3, -0.25) is 4.79 Å². The van der Waals surface area contributed by atoms with E-state index in [-0.39, 0.29) is 5.91 Å². The van der Waals surface area contributed by atoms with Gasteiger partial charge in [0.05, 0.1) is 5.39 Å². The molecule has 1 N–H and O–H groups in total. The molecule has 3 aromatic rings. The van der Waals surface area contributed by atoms with Crippen LogP contribution in [-0.2, 0) is 4.79 Å². The Labute approximate surface area is 169 Å². The summed E-state index contributed by atoms with van der Waals surface area (Å²) in [6.45, 7) is 6.61. The van der Waals surface area contributed by atoms with Crippen LogP contribution in [0.2, 0.25) is 0 Å². The molecule has 1 amide bonds. The number of aryl methyl sites for hydroxylation is 2. The Balaban J connectivity index is 1.55. The number of thiophene rings is 1. The van der Waals surface area contributed by atoms with Gasteiger partial charge in [-0.05, 0) is 38.7 Å². The molecule has 2 aromatic heterocycles. The van der Waals surface area contributed by atoms with Crippen LogP contribution < -0.4 is 5.32 Å². The molecule has 0 atom stereocenters. The number of carbonyl (C=O) groups excluding carboxylic acids is 1. The van der Waals surface area contributed by atoms with E-state index >= 15 is 0 Å². The Hall–Kier alpha value is -2.47. The SMILES string of the molecule is Cc1ccc(-c2c(C)sc3ncnc(NCCC(=O)N4CCCCC4)c23)cc1. The first-order valence-electron chi connectivity index (χ1n) is 9.96. The van der Waals surface area contributed by atoms with Crippen molar-refractivity contribution in [3.63, 3.8) is 0 Å². The molecule has 6 heteroatoms. The Morgan fingerprint density at radius 2 is 1.86 bits per heavy atom. The summed E-state index contributed by atoms with van der Waals surface area (Å²) in [6.07, 6.45) is 5.58. The maximum absolute atomic E-state index is 12.4. The number of likely N-dealkylation sites (tertiary alicyclic amines) is 1. The van der Waals surface area contributed by atoms with Gasteiger partial charge in [0.15, 0.2) is 0 Å². The van der Waals surface area contributed by atoms with E-state index in [9.17, 15) is 4.79 Å². The highest BCUT2D eigenvalue weighted by Crippen LogP contribution is 2.40. The van der Waals surface area contributed by atoms with Crippen molar-refractivity contribution in [2.45, 2.75) is 39.5 Å². The number of fused-ring (bicyclic) bond motifs is 1. The third-order valence-corrected chi connectivity index (χ3v) is 6.36. The average Bonchev–Trinajstić information content (AvgIpc) is 3.06. The molecule has 0 aliphatic carbocycles. The zero-order chi connectivity index (χ0) is 19.5. The van der Waals surface area contributed by atoms with Gasteiger partial charge in [-0.2, -0.15) is 0 Å². The van der Waals surface area contributed by atoms with Crippen LogP contribution in [0.1, 0.15) is 36.1 Å². The Kier molecular flexibility index (Phi) is 5.57. The van der Waals surface area contributed by atoms with Gasteiger partial charge in [0, 0.05) is 36.5 Å². The molecule has 0 unspecified atom stereocenters. The fraction of sp³-hybridized carbons (Fsp3) is 0.409. The third-order valence-electron chi connectivity index (χ3n) is 5.34. The van der Waals surface area contributed by atoms with E-state index in [0.29, 0.717) is 13.0 Å². The van der Waals surface area contributed by atoms with Crippen molar-refractivity contribution in [3.05, 3.63) is 41.0 Å². The summed E-state index contributed by atoms with van der Waals surface area (Å²) < 4.78 is 0. The molecule has 1 fully saturated rings. The Morgan fingerprint density at radius 3 is 2.61 bits per heavy atom. The lowest BCUT2D eigenvalue weighted by atomic mass is 10.0. The number of anilines is 1. The second-order valence-corrected chi connectivity index (χ2v) is 8.62. The highest BCUT2D eigenvalue weighted by molar-refractivity contribution is 7.19. The Morgan fingerprint density at radius 1 is 1.11 bits per heavy atom. The number of piperidine rings is 1. The molecule has 4 rings (SSSR count). The molecule has 0 radical (unpaired) electrons. The summed E-state index contributed by atoms with van der Waals surface area (Å²) in [6, 6.07) is 8.57. The van der Waals surface area contributed by atoms with E-state index in [0.717, 1.165) is 42.0 Å². The van der Waals surface area contributed by atoms with Crippen molar-refractivity contribution in [2.75, 3.05) is 25.0 Å². The van der Waals surface area contributed by atoms with Gasteiger partial charge in [0.1, 0.15) is 17.0 Å². The van der Waals surface area contributed by atoms with Gasteiger partial charge < -0.3 is 10.2 Å². The highest BCUT2D eigenvalue weighted by Gasteiger charge is 2.18. The first kappa shape index (κ1) is 18.9. The number of amides is 1. The topological polar surface area (TPSA) is 58.1 Å². The monoisotopic (exact) mass is 394 g/mol. The molecule has 1 aliphatic rings. The first-order valence-corrected chi connectivity index (χ1v) is 10.8. The zero-order valence-corrected chi connectivity index (χ0v) is 17.3. The van der Waals surface area contributed by atoms with E-state index in [1.54, 1.807) is 17.7 Å². The van der Waals surface area contributed by atoms with Gasteiger partial charge in [-0.25, -0.2) is 9.97 Å². The van der Waals surface area contributed by atoms with Crippen molar-refractivity contribution in [3.8, 4) is 11.1 Å². The fourth-order valence-corrected chi connectivity index (χ4v) is 4.85. The summed E-state index contributed by atoms with van der Waals surface area (Å²) in [5.41, 5.74) is 3.61. The summed E-state index contributed by atoms with van der Waals surface area (Å²) in [4.78, 5) is 25.6. The summed E-state index contributed by atoms with van der Waals surface area (Å²) in [5, 5.41) is 4.46. The van der Waals surface area contributed by atoms with Gasteiger partial charge >= 0.3 is 0 Å². The number of rotatable bonds is 5. The van der Waals surface area contributed by atoms with Gasteiger partial charge in [-0.15, -0.1) is 11.3 Å². The van der Waals surface area contributed by atoms with Crippen LogP contribution in [0.25, 0.3) is 21.3 Å². The second-order valence-electron chi connectivity index (χ2n) is 7.42. The quantitative estimate of drug-likeness (QED) is 0.676. The number of carbonyl (C=O) groups is 1. The number of hydrogen-bond donors (Lipinski definition) is 1. The fourth-order valence-electron chi connectivity index (χ4n) is 3.84. The molecular formula is C22H26N4OS. The number of nitrogens with one attached hydrogen (secondary N) is 1. The van der Waals surface area contributed by atoms with E-state index in [4.69, 9.17) is 0 Å². The molecule has 1 aliphatic heterocycles. The van der Waals surface area contributed by atoms with Crippen LogP contribution in [0, 0.1) is 13.8 Å². The lowest BCUT2D eigenvalue weighted by molar-refractivity contribution is -0.131. The molecule has 1 aromatic carbocycles. The number of hydrogen-bond acceptors (Lipinski definition) is 5. The van der Waals surface area contributed by atoms with Gasteiger partial charge in [0.2, 0.25) is 5.91 Å². The lowest BCUT2D eigenvalue weighted by Gasteiger charge is -2.26. The zero-order valence-electron chi connectivity index (χ0n) is 16.5. The molecule has 0 spiro atoms. The van der Waals surface area contributed by atoms with Crippen LogP contribution in [0.4, 0.5) is 5.82 Å². The third kappa shape index (κ3) is 3.87. The van der Waals surface area contributed by atoms with Crippen LogP contribution in [0.3, 0.4) is 0 Å². The number of nitrogens with zero attached hydrogens (tertiary/aromatic N) is 3. The summed E-state index contributed by atoms with van der Waals surface area (Å²) in [7, 11) is 0. The summed E-state index contributed by atoms with van der Waals surface area (Å²) in [5.74, 6) is 1.05. The minimum Gasteiger partial charge on any atom is -0.369 e. The predicted octanol–water partition coefficient (Wildman–Crippen LogP) is 4.79. The minimum atomic E-state index is 0.234. The molecular weight excluding hydrogens is 368 g/mol. The smallest absolute Gasteiger partial charge is 0.224 e. The van der Waals surface area contributed by atoms with Crippen molar-refractivity contribution in [2.24, 2.45) is 0 Å². The molecule has 146 valence electrons. The van der Waals surface area contributed by atoms with E-state index in [2.05, 4.69) is 53.4 Å². The Bertz CT molecular complexity index is 974. The van der Waals surface area contributed by atoms with Crippen molar-refractivity contribution in [1.29, 1.82) is 0 Å². The average molecular weight is 395 g/mol. The molecule has 5 nitrogen and oxygen atoms in total. The molecule has 1 saturated heterocycles. The highest BCUT2D eigenvalue weighted by atomic mass is 32.1. The minimum absolute atomic E-state index is 0.234. The van der Waals surface area contributed by atoms with Gasteiger partial charge in [-0.1, -0.05) is 29.8 Å². The van der Waals surface area contributed by atoms with Crippen LogP contribution in [0.5, 0.6) is 0 Å². The summed E-state index contributed by atoms with van der Waals surface area (Å²) >= 11 is 1.69. The van der Waals surface area contributed by atoms with Crippen molar-refractivity contribution >= 4 is 33.3 Å².